The Morgan fingerprint density at radius 1 is 0.429 bits per heavy atom. The lowest BCUT2D eigenvalue weighted by atomic mass is 9.99. The highest BCUT2D eigenvalue weighted by atomic mass is 16.5. The summed E-state index contributed by atoms with van der Waals surface area (Å²) >= 11 is 0. The van der Waals surface area contributed by atoms with E-state index < -0.39 is 0 Å². The standard InChI is InChI=1S/C45H74O4/c1-6-8-10-12-14-16-18-20-22-24-26-28-30-32-37-34-35-39-41-40(49-44(39)42(37)46-3)36-38(43(47-4)45(41)48-5)33-31-29-27-25-23-21-19-17-15-13-11-9-7-2/h34-36H,6-33H2,1-5H3. The minimum atomic E-state index is 0.773. The van der Waals surface area contributed by atoms with Crippen LogP contribution < -0.4 is 14.2 Å². The lowest BCUT2D eigenvalue weighted by molar-refractivity contribution is 0.354. The second-order valence-corrected chi connectivity index (χ2v) is 14.7. The fourth-order valence-electron chi connectivity index (χ4n) is 7.71. The normalized spacial score (nSPS) is 11.6. The summed E-state index contributed by atoms with van der Waals surface area (Å²) in [5.41, 5.74) is 4.08. The Morgan fingerprint density at radius 3 is 1.22 bits per heavy atom. The van der Waals surface area contributed by atoms with Crippen LogP contribution in [0.2, 0.25) is 0 Å². The van der Waals surface area contributed by atoms with Gasteiger partial charge in [-0.25, -0.2) is 0 Å². The Labute approximate surface area is 301 Å². The molecule has 0 aliphatic heterocycles. The number of ether oxygens (including phenoxy) is 3. The maximum Gasteiger partial charge on any atom is 0.177 e. The van der Waals surface area contributed by atoms with Crippen molar-refractivity contribution in [1.29, 1.82) is 0 Å². The van der Waals surface area contributed by atoms with Crippen LogP contribution in [0.25, 0.3) is 21.9 Å². The van der Waals surface area contributed by atoms with Gasteiger partial charge in [-0.2, -0.15) is 0 Å². The third kappa shape index (κ3) is 14.1. The molecule has 1 heterocycles. The Kier molecular flexibility index (Phi) is 21.4. The molecule has 0 saturated heterocycles. The van der Waals surface area contributed by atoms with E-state index in [0.29, 0.717) is 0 Å². The second-order valence-electron chi connectivity index (χ2n) is 14.7. The van der Waals surface area contributed by atoms with Gasteiger partial charge in [0.1, 0.15) is 5.58 Å². The van der Waals surface area contributed by atoms with Gasteiger partial charge in [-0.1, -0.05) is 174 Å². The van der Waals surface area contributed by atoms with Gasteiger partial charge < -0.3 is 18.6 Å². The molecule has 0 saturated carbocycles. The zero-order chi connectivity index (χ0) is 34.9. The van der Waals surface area contributed by atoms with Crippen LogP contribution in [0, 0.1) is 0 Å². The molecule has 0 radical (unpaired) electrons. The fourth-order valence-corrected chi connectivity index (χ4v) is 7.71. The van der Waals surface area contributed by atoms with E-state index in [0.717, 1.165) is 58.4 Å². The van der Waals surface area contributed by atoms with Crippen molar-refractivity contribution in [2.45, 2.75) is 194 Å². The van der Waals surface area contributed by atoms with Crippen LogP contribution >= 0.6 is 0 Å². The maximum atomic E-state index is 6.57. The predicted molar refractivity (Wildman–Crippen MR) is 212 cm³/mol. The van der Waals surface area contributed by atoms with Crippen LogP contribution in [0.4, 0.5) is 0 Å². The molecule has 278 valence electrons. The Hall–Kier alpha value is -2.36. The molecule has 4 heteroatoms. The maximum absolute atomic E-state index is 6.57. The van der Waals surface area contributed by atoms with Crippen molar-refractivity contribution in [1.82, 2.24) is 0 Å². The summed E-state index contributed by atoms with van der Waals surface area (Å²) in [5, 5.41) is 2.01. The summed E-state index contributed by atoms with van der Waals surface area (Å²) in [6.45, 7) is 4.58. The van der Waals surface area contributed by atoms with Crippen LogP contribution in [0.5, 0.6) is 17.2 Å². The lowest BCUT2D eigenvalue weighted by Gasteiger charge is -2.14. The Balaban J connectivity index is 1.48. The van der Waals surface area contributed by atoms with Crippen molar-refractivity contribution in [3.63, 3.8) is 0 Å². The Bertz CT molecular complexity index is 1270. The van der Waals surface area contributed by atoms with Crippen molar-refractivity contribution >= 4 is 21.9 Å². The molecule has 0 N–H and O–H groups in total. The summed E-state index contributed by atoms with van der Waals surface area (Å²) < 4.78 is 24.6. The first-order valence-electron chi connectivity index (χ1n) is 20.9. The van der Waals surface area contributed by atoms with Crippen LogP contribution in [0.3, 0.4) is 0 Å². The number of hydrogen-bond donors (Lipinski definition) is 0. The number of aryl methyl sites for hydroxylation is 2. The molecular weight excluding hydrogens is 604 g/mol. The molecular formula is C45H74O4. The number of rotatable bonds is 31. The van der Waals surface area contributed by atoms with Gasteiger partial charge in [0, 0.05) is 10.9 Å². The first-order chi connectivity index (χ1) is 24.2. The molecule has 0 unspecified atom stereocenters. The minimum absolute atomic E-state index is 0.773. The number of unbranched alkanes of at least 4 members (excludes halogenated alkanes) is 24. The van der Waals surface area contributed by atoms with Gasteiger partial charge >= 0.3 is 0 Å². The van der Waals surface area contributed by atoms with E-state index >= 15 is 0 Å². The summed E-state index contributed by atoms with van der Waals surface area (Å²) in [6, 6.07) is 6.60. The third-order valence-corrected chi connectivity index (χ3v) is 10.7. The molecule has 0 bridgehead atoms. The van der Waals surface area contributed by atoms with Crippen molar-refractivity contribution in [3.05, 3.63) is 29.3 Å². The SMILES string of the molecule is CCCCCCCCCCCCCCCc1cc2oc3c(OC)c(CCCCCCCCCCCCCCC)ccc3c2c(OC)c1OC. The number of methoxy groups -OCH3 is 3. The fraction of sp³-hybridized carbons (Fsp3) is 0.733. The van der Waals surface area contributed by atoms with E-state index in [9.17, 15) is 0 Å². The van der Waals surface area contributed by atoms with Gasteiger partial charge in [0.15, 0.2) is 22.8 Å². The quantitative estimate of drug-likeness (QED) is 0.0635. The molecule has 0 spiro atoms. The molecule has 1 aromatic heterocycles. The average molecular weight is 679 g/mol. The smallest absolute Gasteiger partial charge is 0.177 e. The molecule has 3 aromatic rings. The highest BCUT2D eigenvalue weighted by molar-refractivity contribution is 6.11. The first kappa shape index (κ1) is 41.1. The number of hydrogen-bond acceptors (Lipinski definition) is 4. The predicted octanol–water partition coefficient (Wildman–Crippen LogP) is 14.9. The van der Waals surface area contributed by atoms with E-state index in [4.69, 9.17) is 18.6 Å². The molecule has 49 heavy (non-hydrogen) atoms. The van der Waals surface area contributed by atoms with Crippen LogP contribution in [-0.2, 0) is 12.8 Å². The van der Waals surface area contributed by atoms with Gasteiger partial charge in [-0.3, -0.25) is 0 Å². The van der Waals surface area contributed by atoms with E-state index in [1.165, 1.54) is 172 Å². The van der Waals surface area contributed by atoms with Crippen LogP contribution in [-0.4, -0.2) is 21.3 Å². The zero-order valence-corrected chi connectivity index (χ0v) is 32.7. The summed E-state index contributed by atoms with van der Waals surface area (Å²) in [4.78, 5) is 0. The number of benzene rings is 2. The van der Waals surface area contributed by atoms with E-state index in [1.807, 2.05) is 0 Å². The van der Waals surface area contributed by atoms with Gasteiger partial charge in [0.2, 0.25) is 0 Å². The van der Waals surface area contributed by atoms with Crippen molar-refractivity contribution < 1.29 is 18.6 Å². The zero-order valence-electron chi connectivity index (χ0n) is 32.7. The second kappa shape index (κ2) is 25.6. The van der Waals surface area contributed by atoms with E-state index in [1.54, 1.807) is 21.3 Å². The molecule has 0 atom stereocenters. The summed E-state index contributed by atoms with van der Waals surface area (Å²) in [5.74, 6) is 2.48. The Morgan fingerprint density at radius 2 is 0.816 bits per heavy atom. The van der Waals surface area contributed by atoms with E-state index in [-0.39, 0.29) is 0 Å². The molecule has 0 amide bonds. The minimum Gasteiger partial charge on any atom is -0.493 e. The number of furan rings is 1. The average Bonchev–Trinajstić information content (AvgIpc) is 3.49. The molecule has 4 nitrogen and oxygen atoms in total. The number of fused-ring (bicyclic) bond motifs is 3. The molecule has 0 fully saturated rings. The monoisotopic (exact) mass is 679 g/mol. The summed E-state index contributed by atoms with van der Waals surface area (Å²) in [7, 11) is 5.27. The molecule has 3 rings (SSSR count). The molecule has 0 aliphatic carbocycles. The lowest BCUT2D eigenvalue weighted by Crippen LogP contribution is -1.97. The van der Waals surface area contributed by atoms with Gasteiger partial charge in [-0.15, -0.1) is 0 Å². The van der Waals surface area contributed by atoms with Gasteiger partial charge in [0.05, 0.1) is 26.7 Å². The van der Waals surface area contributed by atoms with Crippen molar-refractivity contribution in [3.8, 4) is 17.2 Å². The van der Waals surface area contributed by atoms with Crippen LogP contribution in [0.1, 0.15) is 192 Å². The van der Waals surface area contributed by atoms with Crippen molar-refractivity contribution in [2.24, 2.45) is 0 Å². The molecule has 2 aromatic carbocycles. The van der Waals surface area contributed by atoms with E-state index in [2.05, 4.69) is 32.0 Å². The van der Waals surface area contributed by atoms with Crippen molar-refractivity contribution in [2.75, 3.05) is 21.3 Å². The van der Waals surface area contributed by atoms with Gasteiger partial charge in [-0.05, 0) is 43.4 Å². The van der Waals surface area contributed by atoms with Gasteiger partial charge in [0.25, 0.3) is 0 Å². The highest BCUT2D eigenvalue weighted by Crippen LogP contribution is 2.47. The molecule has 0 aliphatic rings. The highest BCUT2D eigenvalue weighted by Gasteiger charge is 2.23. The largest absolute Gasteiger partial charge is 0.493 e. The third-order valence-electron chi connectivity index (χ3n) is 10.7. The first-order valence-corrected chi connectivity index (χ1v) is 20.9. The van der Waals surface area contributed by atoms with Crippen LogP contribution in [0.15, 0.2) is 22.6 Å². The topological polar surface area (TPSA) is 40.8 Å². The summed E-state index contributed by atoms with van der Waals surface area (Å²) in [6.07, 6.45) is 37.4.